The van der Waals surface area contributed by atoms with Gasteiger partial charge in [0.1, 0.15) is 11.6 Å². The van der Waals surface area contributed by atoms with Crippen LogP contribution in [-0.4, -0.2) is 28.6 Å². The van der Waals surface area contributed by atoms with E-state index in [2.05, 4.69) is 10.5 Å². The minimum absolute atomic E-state index is 0.0184. The second kappa shape index (κ2) is 7.16. The van der Waals surface area contributed by atoms with E-state index in [9.17, 15) is 4.79 Å². The number of para-hydroxylation sites is 2. The summed E-state index contributed by atoms with van der Waals surface area (Å²) in [5.74, 6) is 4.52. The number of carbonyl (C=O) groups excluding carboxylic acids is 1. The Morgan fingerprint density at radius 2 is 2.00 bits per heavy atom. The number of fused-ring (bicyclic) bond motifs is 1. The van der Waals surface area contributed by atoms with Gasteiger partial charge in [0, 0.05) is 24.6 Å². The SMILES string of the molecule is C#CCn1c(C2CC(=O)N(c3ccc(OCC)cc3)C2)nc2ccccc21. The molecule has 1 aromatic heterocycles. The average Bonchev–Trinajstić information content (AvgIpc) is 3.24. The Morgan fingerprint density at radius 1 is 1.22 bits per heavy atom. The molecule has 27 heavy (non-hydrogen) atoms. The molecule has 0 radical (unpaired) electrons. The maximum atomic E-state index is 12.7. The number of hydrogen-bond acceptors (Lipinski definition) is 3. The summed E-state index contributed by atoms with van der Waals surface area (Å²) in [5.41, 5.74) is 2.80. The number of benzene rings is 2. The molecule has 5 heteroatoms. The van der Waals surface area contributed by atoms with Crippen LogP contribution < -0.4 is 9.64 Å². The highest BCUT2D eigenvalue weighted by molar-refractivity contribution is 5.96. The van der Waals surface area contributed by atoms with Crippen LogP contribution in [0.2, 0.25) is 0 Å². The Bertz CT molecular complexity index is 1010. The van der Waals surface area contributed by atoms with E-state index in [0.717, 1.165) is 28.3 Å². The van der Waals surface area contributed by atoms with Gasteiger partial charge < -0.3 is 14.2 Å². The average molecular weight is 359 g/mol. The van der Waals surface area contributed by atoms with Crippen molar-refractivity contribution < 1.29 is 9.53 Å². The van der Waals surface area contributed by atoms with Gasteiger partial charge in [-0.05, 0) is 43.3 Å². The Labute approximate surface area is 158 Å². The van der Waals surface area contributed by atoms with E-state index in [-0.39, 0.29) is 11.8 Å². The van der Waals surface area contributed by atoms with Crippen LogP contribution in [0.1, 0.15) is 25.1 Å². The smallest absolute Gasteiger partial charge is 0.227 e. The van der Waals surface area contributed by atoms with Crippen molar-refractivity contribution >= 4 is 22.6 Å². The molecule has 1 saturated heterocycles. The van der Waals surface area contributed by atoms with E-state index in [1.54, 1.807) is 0 Å². The third-order valence-corrected chi connectivity index (χ3v) is 4.88. The monoisotopic (exact) mass is 359 g/mol. The molecular formula is C22H21N3O2. The van der Waals surface area contributed by atoms with Crippen LogP contribution in [-0.2, 0) is 11.3 Å². The highest BCUT2D eigenvalue weighted by Crippen LogP contribution is 2.33. The lowest BCUT2D eigenvalue weighted by Crippen LogP contribution is -2.24. The largest absolute Gasteiger partial charge is 0.494 e. The van der Waals surface area contributed by atoms with Gasteiger partial charge in [0.25, 0.3) is 0 Å². The molecule has 136 valence electrons. The Kier molecular flexibility index (Phi) is 4.55. The summed E-state index contributed by atoms with van der Waals surface area (Å²) in [6.45, 7) is 3.62. The van der Waals surface area contributed by atoms with Gasteiger partial charge >= 0.3 is 0 Å². The molecule has 0 saturated carbocycles. The lowest BCUT2D eigenvalue weighted by atomic mass is 10.1. The van der Waals surface area contributed by atoms with Gasteiger partial charge in [0.15, 0.2) is 0 Å². The Hall–Kier alpha value is -3.26. The first-order valence-corrected chi connectivity index (χ1v) is 9.13. The predicted octanol–water partition coefficient (Wildman–Crippen LogP) is 3.59. The van der Waals surface area contributed by atoms with Crippen LogP contribution >= 0.6 is 0 Å². The molecule has 0 bridgehead atoms. The maximum absolute atomic E-state index is 12.7. The number of terminal acetylenes is 1. The molecule has 1 aliphatic rings. The number of ether oxygens (including phenoxy) is 1. The molecule has 0 aliphatic carbocycles. The van der Waals surface area contributed by atoms with Crippen molar-refractivity contribution in [2.24, 2.45) is 0 Å². The molecule has 1 unspecified atom stereocenters. The van der Waals surface area contributed by atoms with Crippen molar-refractivity contribution in [1.29, 1.82) is 0 Å². The van der Waals surface area contributed by atoms with Crippen LogP contribution in [0.4, 0.5) is 5.69 Å². The van der Waals surface area contributed by atoms with E-state index in [0.29, 0.717) is 26.1 Å². The van der Waals surface area contributed by atoms with Gasteiger partial charge in [-0.1, -0.05) is 18.1 Å². The van der Waals surface area contributed by atoms with E-state index in [1.807, 2.05) is 60.4 Å². The quantitative estimate of drug-likeness (QED) is 0.654. The first-order valence-electron chi connectivity index (χ1n) is 9.13. The summed E-state index contributed by atoms with van der Waals surface area (Å²) >= 11 is 0. The van der Waals surface area contributed by atoms with Crippen molar-refractivity contribution in [3.05, 3.63) is 54.4 Å². The zero-order valence-electron chi connectivity index (χ0n) is 15.3. The van der Waals surface area contributed by atoms with Crippen LogP contribution in [0.15, 0.2) is 48.5 Å². The fourth-order valence-corrected chi connectivity index (χ4v) is 3.68. The molecule has 1 amide bonds. The fraction of sp³-hybridized carbons (Fsp3) is 0.273. The van der Waals surface area contributed by atoms with Crippen LogP contribution in [0, 0.1) is 12.3 Å². The normalized spacial score (nSPS) is 16.7. The summed E-state index contributed by atoms with van der Waals surface area (Å²) in [6.07, 6.45) is 6.01. The summed E-state index contributed by atoms with van der Waals surface area (Å²) in [6, 6.07) is 15.6. The lowest BCUT2D eigenvalue weighted by Gasteiger charge is -2.17. The number of amides is 1. The van der Waals surface area contributed by atoms with Gasteiger partial charge in [-0.2, -0.15) is 0 Å². The van der Waals surface area contributed by atoms with Crippen molar-refractivity contribution in [3.63, 3.8) is 0 Å². The summed E-state index contributed by atoms with van der Waals surface area (Å²) in [4.78, 5) is 19.3. The van der Waals surface area contributed by atoms with Crippen LogP contribution in [0.3, 0.4) is 0 Å². The minimum atomic E-state index is 0.0184. The second-order valence-electron chi connectivity index (χ2n) is 6.58. The zero-order chi connectivity index (χ0) is 18.8. The van der Waals surface area contributed by atoms with Gasteiger partial charge in [-0.3, -0.25) is 4.79 Å². The number of imidazole rings is 1. The summed E-state index contributed by atoms with van der Waals surface area (Å²) in [7, 11) is 0. The molecule has 3 aromatic rings. The molecule has 1 fully saturated rings. The van der Waals surface area contributed by atoms with Gasteiger partial charge in [0.2, 0.25) is 5.91 Å². The highest BCUT2D eigenvalue weighted by Gasteiger charge is 2.34. The summed E-state index contributed by atoms with van der Waals surface area (Å²) < 4.78 is 7.53. The van der Waals surface area contributed by atoms with Crippen LogP contribution in [0.5, 0.6) is 5.75 Å². The molecule has 1 atom stereocenters. The Balaban J connectivity index is 1.63. The van der Waals surface area contributed by atoms with Crippen LogP contribution in [0.25, 0.3) is 11.0 Å². The Morgan fingerprint density at radius 3 is 2.74 bits per heavy atom. The van der Waals surface area contributed by atoms with E-state index in [1.165, 1.54) is 0 Å². The van der Waals surface area contributed by atoms with Gasteiger partial charge in [-0.15, -0.1) is 6.42 Å². The zero-order valence-corrected chi connectivity index (χ0v) is 15.3. The molecule has 0 N–H and O–H groups in total. The topological polar surface area (TPSA) is 47.4 Å². The predicted molar refractivity (Wildman–Crippen MR) is 106 cm³/mol. The van der Waals surface area contributed by atoms with Crippen molar-refractivity contribution in [2.45, 2.75) is 25.8 Å². The second-order valence-corrected chi connectivity index (χ2v) is 6.58. The highest BCUT2D eigenvalue weighted by atomic mass is 16.5. The molecule has 0 spiro atoms. The minimum Gasteiger partial charge on any atom is -0.494 e. The number of aromatic nitrogens is 2. The van der Waals surface area contributed by atoms with Crippen molar-refractivity contribution in [1.82, 2.24) is 9.55 Å². The molecule has 4 rings (SSSR count). The standard InChI is InChI=1S/C22H21N3O2/c1-3-13-24-20-8-6-5-7-19(20)23-22(24)16-14-21(26)25(15-16)17-9-11-18(12-10-17)27-4-2/h1,5-12,16H,4,13-15H2,2H3. The number of carbonyl (C=O) groups is 1. The maximum Gasteiger partial charge on any atom is 0.227 e. The van der Waals surface area contributed by atoms with Gasteiger partial charge in [0.05, 0.1) is 24.2 Å². The van der Waals surface area contributed by atoms with Crippen molar-refractivity contribution in [3.8, 4) is 18.1 Å². The van der Waals surface area contributed by atoms with E-state index < -0.39 is 0 Å². The third-order valence-electron chi connectivity index (χ3n) is 4.88. The summed E-state index contributed by atoms with van der Waals surface area (Å²) in [5, 5.41) is 0. The molecule has 5 nitrogen and oxygen atoms in total. The molecular weight excluding hydrogens is 338 g/mol. The van der Waals surface area contributed by atoms with E-state index >= 15 is 0 Å². The first kappa shape index (κ1) is 17.2. The molecule has 2 aromatic carbocycles. The number of rotatable bonds is 5. The number of hydrogen-bond donors (Lipinski definition) is 0. The third kappa shape index (κ3) is 3.15. The number of nitrogens with zero attached hydrogens (tertiary/aromatic N) is 3. The van der Waals surface area contributed by atoms with Crippen molar-refractivity contribution in [2.75, 3.05) is 18.1 Å². The van der Waals surface area contributed by atoms with E-state index in [4.69, 9.17) is 16.1 Å². The molecule has 1 aliphatic heterocycles. The lowest BCUT2D eigenvalue weighted by molar-refractivity contribution is -0.117. The first-order chi connectivity index (χ1) is 13.2. The number of anilines is 1. The fourth-order valence-electron chi connectivity index (χ4n) is 3.68. The van der Waals surface area contributed by atoms with Gasteiger partial charge in [-0.25, -0.2) is 4.98 Å². The molecule has 2 heterocycles.